The molecule has 2 heterocycles. The molecule has 0 aromatic carbocycles. The van der Waals surface area contributed by atoms with Gasteiger partial charge in [0.1, 0.15) is 5.15 Å². The summed E-state index contributed by atoms with van der Waals surface area (Å²) in [6.07, 6.45) is 8.75. The van der Waals surface area contributed by atoms with Crippen molar-refractivity contribution in [1.29, 1.82) is 0 Å². The Morgan fingerprint density at radius 2 is 1.77 bits per heavy atom. The van der Waals surface area contributed by atoms with Gasteiger partial charge in [0, 0.05) is 17.3 Å². The first-order valence-corrected chi connectivity index (χ1v) is 6.85. The van der Waals surface area contributed by atoms with Gasteiger partial charge in [-0.15, -0.1) is 0 Å². The van der Waals surface area contributed by atoms with E-state index in [1.165, 1.54) is 20.4 Å². The Kier molecular flexibility index (Phi) is 3.50. The number of carbonyl (C=O) groups is 2. The molecule has 112 valence electrons. The first kappa shape index (κ1) is 14.4. The lowest BCUT2D eigenvalue weighted by atomic mass is 10.0. The molecule has 1 aliphatic rings. The second kappa shape index (κ2) is 5.35. The van der Waals surface area contributed by atoms with Gasteiger partial charge in [-0.25, -0.2) is 9.59 Å². The molecule has 0 saturated carbocycles. The summed E-state index contributed by atoms with van der Waals surface area (Å²) in [6.45, 7) is 0. The van der Waals surface area contributed by atoms with Gasteiger partial charge >= 0.3 is 11.9 Å². The van der Waals surface area contributed by atoms with Crippen molar-refractivity contribution in [2.24, 2.45) is 0 Å². The maximum atomic E-state index is 12.2. The summed E-state index contributed by atoms with van der Waals surface area (Å²) in [7, 11) is 2.52. The number of ether oxygens (including phenoxy) is 2. The Morgan fingerprint density at radius 3 is 2.45 bits per heavy atom. The number of esters is 2. The van der Waals surface area contributed by atoms with Crippen LogP contribution < -0.4 is 0 Å². The van der Waals surface area contributed by atoms with Crippen molar-refractivity contribution in [3.05, 3.63) is 51.8 Å². The number of rotatable bonds is 2. The Bertz CT molecular complexity index is 861. The van der Waals surface area contributed by atoms with E-state index in [1.54, 1.807) is 22.6 Å². The van der Waals surface area contributed by atoms with Crippen LogP contribution in [0.5, 0.6) is 0 Å². The predicted octanol–water partition coefficient (Wildman–Crippen LogP) is 3.21. The summed E-state index contributed by atoms with van der Waals surface area (Å²) in [4.78, 5) is 24.3. The van der Waals surface area contributed by atoms with Crippen molar-refractivity contribution in [2.45, 2.75) is 0 Å². The zero-order chi connectivity index (χ0) is 15.9. The Labute approximate surface area is 131 Å². The van der Waals surface area contributed by atoms with E-state index in [1.807, 2.05) is 12.2 Å². The van der Waals surface area contributed by atoms with Crippen LogP contribution in [0.15, 0.2) is 24.4 Å². The first-order valence-electron chi connectivity index (χ1n) is 6.47. The largest absolute Gasteiger partial charge is 0.465 e. The van der Waals surface area contributed by atoms with E-state index in [4.69, 9.17) is 21.1 Å². The minimum absolute atomic E-state index is 0.104. The maximum absolute atomic E-state index is 12.2. The summed E-state index contributed by atoms with van der Waals surface area (Å²) < 4.78 is 11.3. The second-order valence-electron chi connectivity index (χ2n) is 4.67. The highest BCUT2D eigenvalue weighted by Crippen LogP contribution is 2.32. The van der Waals surface area contributed by atoms with Crippen molar-refractivity contribution >= 4 is 41.2 Å². The van der Waals surface area contributed by atoms with E-state index < -0.39 is 11.9 Å². The van der Waals surface area contributed by atoms with Crippen LogP contribution >= 0.6 is 11.6 Å². The molecule has 0 unspecified atom stereocenters. The average molecular weight is 318 g/mol. The number of carbonyl (C=O) groups excluding carboxylic acids is 2. The molecule has 2 aromatic rings. The van der Waals surface area contributed by atoms with Gasteiger partial charge in [-0.2, -0.15) is 0 Å². The second-order valence-corrected chi connectivity index (χ2v) is 5.06. The molecule has 22 heavy (non-hydrogen) atoms. The lowest BCUT2D eigenvalue weighted by molar-refractivity contribution is 0.0554. The fourth-order valence-electron chi connectivity index (χ4n) is 2.57. The Morgan fingerprint density at radius 1 is 1.09 bits per heavy atom. The van der Waals surface area contributed by atoms with Crippen LogP contribution in [0.3, 0.4) is 0 Å². The van der Waals surface area contributed by atoms with E-state index in [9.17, 15) is 9.59 Å². The topological polar surface area (TPSA) is 57.0 Å². The van der Waals surface area contributed by atoms with Gasteiger partial charge < -0.3 is 13.9 Å². The Hall–Kier alpha value is -2.53. The van der Waals surface area contributed by atoms with Gasteiger partial charge in [0.2, 0.25) is 0 Å². The van der Waals surface area contributed by atoms with E-state index >= 15 is 0 Å². The van der Waals surface area contributed by atoms with Gasteiger partial charge in [-0.05, 0) is 6.07 Å². The molecule has 0 spiro atoms. The lowest BCUT2D eigenvalue weighted by Gasteiger charge is -2.13. The molecule has 0 amide bonds. The smallest absolute Gasteiger partial charge is 0.340 e. The molecule has 2 aromatic heterocycles. The van der Waals surface area contributed by atoms with Gasteiger partial charge in [0.05, 0.1) is 30.9 Å². The molecule has 0 bridgehead atoms. The number of allylic oxidation sites excluding steroid dienone is 2. The van der Waals surface area contributed by atoms with E-state index in [2.05, 4.69) is 0 Å². The number of hydrogen-bond donors (Lipinski definition) is 0. The molecular weight excluding hydrogens is 306 g/mol. The van der Waals surface area contributed by atoms with Gasteiger partial charge in [-0.1, -0.05) is 35.9 Å². The first-order chi connectivity index (χ1) is 10.6. The van der Waals surface area contributed by atoms with Gasteiger partial charge in [0.25, 0.3) is 0 Å². The number of methoxy groups -OCH3 is 2. The van der Waals surface area contributed by atoms with Crippen molar-refractivity contribution in [3.63, 3.8) is 0 Å². The third-order valence-electron chi connectivity index (χ3n) is 3.52. The zero-order valence-corrected chi connectivity index (χ0v) is 12.7. The summed E-state index contributed by atoms with van der Waals surface area (Å²) in [5.41, 5.74) is 2.43. The highest BCUT2D eigenvalue weighted by molar-refractivity contribution is 6.30. The highest BCUT2D eigenvalue weighted by atomic mass is 35.5. The normalized spacial score (nSPS) is 12.3. The van der Waals surface area contributed by atoms with E-state index in [-0.39, 0.29) is 11.1 Å². The third kappa shape index (κ3) is 2.02. The van der Waals surface area contributed by atoms with Crippen LogP contribution in [0.2, 0.25) is 5.15 Å². The quantitative estimate of drug-likeness (QED) is 0.798. The number of pyridine rings is 1. The molecule has 6 heteroatoms. The molecule has 0 fully saturated rings. The maximum Gasteiger partial charge on any atom is 0.340 e. The molecule has 5 nitrogen and oxygen atoms in total. The van der Waals surface area contributed by atoms with Crippen molar-refractivity contribution < 1.29 is 19.1 Å². The van der Waals surface area contributed by atoms with Crippen LogP contribution in [0.25, 0.3) is 17.7 Å². The summed E-state index contributed by atoms with van der Waals surface area (Å²) >= 11 is 6.23. The summed E-state index contributed by atoms with van der Waals surface area (Å²) in [6, 6.07) is 1.77. The number of nitrogens with zero attached hydrogens (tertiary/aromatic N) is 1. The zero-order valence-electron chi connectivity index (χ0n) is 11.9. The molecule has 0 aliphatic heterocycles. The average Bonchev–Trinajstić information content (AvgIpc) is 2.71. The molecule has 0 atom stereocenters. The third-order valence-corrected chi connectivity index (χ3v) is 3.81. The summed E-state index contributed by atoms with van der Waals surface area (Å²) in [5.74, 6) is -1.23. The predicted molar refractivity (Wildman–Crippen MR) is 83.2 cm³/mol. The van der Waals surface area contributed by atoms with E-state index in [0.29, 0.717) is 10.7 Å². The SMILES string of the molecule is COC(=O)c1cn2c(Cl)cc3c2c(c1C(=O)OC)C=CC=C3. The van der Waals surface area contributed by atoms with Crippen molar-refractivity contribution in [2.75, 3.05) is 14.2 Å². The van der Waals surface area contributed by atoms with Crippen LogP contribution in [0.1, 0.15) is 31.8 Å². The molecule has 1 aliphatic carbocycles. The monoisotopic (exact) mass is 317 g/mol. The number of hydrogen-bond acceptors (Lipinski definition) is 4. The van der Waals surface area contributed by atoms with Crippen molar-refractivity contribution in [3.8, 4) is 0 Å². The molecular formula is C16H12ClNO4. The fraction of sp³-hybridized carbons (Fsp3) is 0.125. The molecule has 0 saturated heterocycles. The van der Waals surface area contributed by atoms with Crippen LogP contribution in [0.4, 0.5) is 0 Å². The van der Waals surface area contributed by atoms with Crippen LogP contribution in [0, 0.1) is 0 Å². The van der Waals surface area contributed by atoms with Gasteiger partial charge in [0.15, 0.2) is 0 Å². The van der Waals surface area contributed by atoms with Crippen LogP contribution in [-0.2, 0) is 9.47 Å². The van der Waals surface area contributed by atoms with Crippen molar-refractivity contribution in [1.82, 2.24) is 4.40 Å². The fourth-order valence-corrected chi connectivity index (χ4v) is 2.82. The molecule has 3 rings (SSSR count). The molecule has 0 radical (unpaired) electrons. The minimum atomic E-state index is -0.629. The summed E-state index contributed by atoms with van der Waals surface area (Å²) in [5, 5.41) is 0.438. The Balaban J connectivity index is 2.49. The van der Waals surface area contributed by atoms with E-state index in [0.717, 1.165) is 11.1 Å². The number of halogens is 1. The number of aromatic nitrogens is 1. The highest BCUT2D eigenvalue weighted by Gasteiger charge is 2.26. The lowest BCUT2D eigenvalue weighted by Crippen LogP contribution is -2.15. The van der Waals surface area contributed by atoms with Crippen LogP contribution in [-0.4, -0.2) is 30.6 Å². The molecule has 0 N–H and O–H groups in total. The standard InChI is InChI=1S/C16H12ClNO4/c1-21-15(19)11-8-18-12(17)7-9-5-3-4-6-10(14(9)18)13(11)16(20)22-2/h3-8H,1-2H3. The minimum Gasteiger partial charge on any atom is -0.465 e. The van der Waals surface area contributed by atoms with Gasteiger partial charge in [-0.3, -0.25) is 0 Å².